The van der Waals surface area contributed by atoms with Crippen LogP contribution >= 0.6 is 34.5 Å². The van der Waals surface area contributed by atoms with Gasteiger partial charge >= 0.3 is 0 Å². The Kier molecular flexibility index (Phi) is 5.08. The zero-order valence-electron chi connectivity index (χ0n) is 10.9. The van der Waals surface area contributed by atoms with Crippen LogP contribution in [0.2, 0.25) is 5.02 Å². The molecular formula is C14H16Cl2N2S. The van der Waals surface area contributed by atoms with Crippen LogP contribution in [0, 0.1) is 0 Å². The summed E-state index contributed by atoms with van der Waals surface area (Å²) in [4.78, 5) is 7.96. The van der Waals surface area contributed by atoms with Crippen molar-refractivity contribution in [3.05, 3.63) is 45.2 Å². The van der Waals surface area contributed by atoms with Crippen LogP contribution in [0.5, 0.6) is 0 Å². The maximum Gasteiger partial charge on any atom is 0.147 e. The maximum atomic E-state index is 6.33. The first-order chi connectivity index (χ1) is 9.11. The number of rotatable bonds is 5. The molecule has 0 bridgehead atoms. The highest BCUT2D eigenvalue weighted by Crippen LogP contribution is 2.28. The van der Waals surface area contributed by atoms with E-state index in [2.05, 4.69) is 41.2 Å². The summed E-state index contributed by atoms with van der Waals surface area (Å²) >= 11 is 13.9. The molecule has 0 fully saturated rings. The SMILES string of the molecule is CC(C)N(Cc1cccs1)c1ncc(CCl)cc1Cl. The van der Waals surface area contributed by atoms with Gasteiger partial charge in [-0.3, -0.25) is 0 Å². The van der Waals surface area contributed by atoms with Crippen molar-refractivity contribution in [1.82, 2.24) is 4.98 Å². The van der Waals surface area contributed by atoms with Gasteiger partial charge in [0.2, 0.25) is 0 Å². The number of alkyl halides is 1. The molecule has 0 aliphatic heterocycles. The molecule has 0 radical (unpaired) electrons. The van der Waals surface area contributed by atoms with E-state index in [-0.39, 0.29) is 0 Å². The Hall–Kier alpha value is -0.770. The van der Waals surface area contributed by atoms with Gasteiger partial charge in [-0.05, 0) is 36.9 Å². The summed E-state index contributed by atoms with van der Waals surface area (Å²) in [5, 5.41) is 2.74. The number of hydrogen-bond acceptors (Lipinski definition) is 3. The Balaban J connectivity index is 2.28. The lowest BCUT2D eigenvalue weighted by molar-refractivity contribution is 0.677. The van der Waals surface area contributed by atoms with E-state index in [0.29, 0.717) is 16.9 Å². The monoisotopic (exact) mass is 314 g/mol. The van der Waals surface area contributed by atoms with Crippen molar-refractivity contribution in [3.8, 4) is 0 Å². The summed E-state index contributed by atoms with van der Waals surface area (Å²) in [6.45, 7) is 5.10. The lowest BCUT2D eigenvalue weighted by Gasteiger charge is -2.28. The average Bonchev–Trinajstić information content (AvgIpc) is 2.89. The van der Waals surface area contributed by atoms with E-state index in [4.69, 9.17) is 23.2 Å². The molecule has 0 amide bonds. The lowest BCUT2D eigenvalue weighted by Crippen LogP contribution is -2.30. The second kappa shape index (κ2) is 6.60. The highest BCUT2D eigenvalue weighted by molar-refractivity contribution is 7.09. The Morgan fingerprint density at radius 1 is 1.42 bits per heavy atom. The number of anilines is 1. The molecule has 0 aromatic carbocycles. The number of thiophene rings is 1. The van der Waals surface area contributed by atoms with Gasteiger partial charge in [0.25, 0.3) is 0 Å². The van der Waals surface area contributed by atoms with Crippen LogP contribution in [-0.4, -0.2) is 11.0 Å². The van der Waals surface area contributed by atoms with Gasteiger partial charge in [0.15, 0.2) is 0 Å². The summed E-state index contributed by atoms with van der Waals surface area (Å²) in [7, 11) is 0. The van der Waals surface area contributed by atoms with Crippen LogP contribution < -0.4 is 4.90 Å². The van der Waals surface area contributed by atoms with E-state index in [1.165, 1.54) is 4.88 Å². The molecule has 2 aromatic heterocycles. The van der Waals surface area contributed by atoms with Crippen LogP contribution in [0.15, 0.2) is 29.8 Å². The number of hydrogen-bond donors (Lipinski definition) is 0. The molecule has 2 nitrogen and oxygen atoms in total. The van der Waals surface area contributed by atoms with Crippen molar-refractivity contribution < 1.29 is 0 Å². The van der Waals surface area contributed by atoms with Gasteiger partial charge in [-0.25, -0.2) is 4.98 Å². The highest BCUT2D eigenvalue weighted by atomic mass is 35.5. The van der Waals surface area contributed by atoms with Crippen molar-refractivity contribution in [2.75, 3.05) is 4.90 Å². The predicted octanol–water partition coefficient (Wildman–Crippen LogP) is 4.95. The molecule has 0 saturated heterocycles. The Morgan fingerprint density at radius 2 is 2.21 bits per heavy atom. The molecular weight excluding hydrogens is 299 g/mol. The maximum absolute atomic E-state index is 6.33. The van der Waals surface area contributed by atoms with E-state index in [0.717, 1.165) is 17.9 Å². The molecule has 0 saturated carbocycles. The second-order valence-corrected chi connectivity index (χ2v) is 6.29. The third kappa shape index (κ3) is 3.62. The standard InChI is InChI=1S/C14H16Cl2N2S/c1-10(2)18(9-12-4-3-5-19-12)14-13(16)6-11(7-15)8-17-14/h3-6,8,10H,7,9H2,1-2H3. The normalized spacial score (nSPS) is 11.0. The first-order valence-corrected chi connectivity index (χ1v) is 7.90. The fourth-order valence-corrected chi connectivity index (χ4v) is 2.97. The summed E-state index contributed by atoms with van der Waals surface area (Å²) in [5.41, 5.74) is 0.940. The molecule has 5 heteroatoms. The minimum absolute atomic E-state index is 0.328. The van der Waals surface area contributed by atoms with Gasteiger partial charge in [-0.2, -0.15) is 0 Å². The number of aromatic nitrogens is 1. The van der Waals surface area contributed by atoms with Crippen molar-refractivity contribution >= 4 is 40.4 Å². The van der Waals surface area contributed by atoms with E-state index in [1.807, 2.05) is 6.07 Å². The molecule has 102 valence electrons. The van der Waals surface area contributed by atoms with E-state index in [9.17, 15) is 0 Å². The predicted molar refractivity (Wildman–Crippen MR) is 84.4 cm³/mol. The summed E-state index contributed by atoms with van der Waals surface area (Å²) in [6, 6.07) is 6.40. The first kappa shape index (κ1) is 14.6. The average molecular weight is 315 g/mol. The van der Waals surface area contributed by atoms with Crippen molar-refractivity contribution in [2.45, 2.75) is 32.3 Å². The van der Waals surface area contributed by atoms with Crippen LogP contribution in [-0.2, 0) is 12.4 Å². The van der Waals surface area contributed by atoms with Gasteiger partial charge < -0.3 is 4.90 Å². The molecule has 2 heterocycles. The summed E-state index contributed by atoms with van der Waals surface area (Å²) in [6.07, 6.45) is 1.79. The summed E-state index contributed by atoms with van der Waals surface area (Å²) in [5.74, 6) is 1.25. The fourth-order valence-electron chi connectivity index (χ4n) is 1.83. The van der Waals surface area contributed by atoms with Crippen molar-refractivity contribution in [2.24, 2.45) is 0 Å². The molecule has 0 spiro atoms. The van der Waals surface area contributed by atoms with Gasteiger partial charge in [-0.15, -0.1) is 22.9 Å². The van der Waals surface area contributed by atoms with Crippen LogP contribution in [0.25, 0.3) is 0 Å². The zero-order valence-corrected chi connectivity index (χ0v) is 13.3. The molecule has 0 aliphatic carbocycles. The van der Waals surface area contributed by atoms with Crippen LogP contribution in [0.3, 0.4) is 0 Å². The van der Waals surface area contributed by atoms with Crippen LogP contribution in [0.4, 0.5) is 5.82 Å². The van der Waals surface area contributed by atoms with Gasteiger partial charge in [0.1, 0.15) is 5.82 Å². The third-order valence-corrected chi connectivity index (χ3v) is 4.28. The lowest BCUT2D eigenvalue weighted by atomic mass is 10.2. The summed E-state index contributed by atoms with van der Waals surface area (Å²) < 4.78 is 0. The highest BCUT2D eigenvalue weighted by Gasteiger charge is 2.16. The number of nitrogens with zero attached hydrogens (tertiary/aromatic N) is 2. The quantitative estimate of drug-likeness (QED) is 0.726. The van der Waals surface area contributed by atoms with E-state index < -0.39 is 0 Å². The number of halogens is 2. The zero-order chi connectivity index (χ0) is 13.8. The first-order valence-electron chi connectivity index (χ1n) is 6.11. The second-order valence-electron chi connectivity index (χ2n) is 4.58. The largest absolute Gasteiger partial charge is 0.348 e. The van der Waals surface area contributed by atoms with Crippen LogP contribution in [0.1, 0.15) is 24.3 Å². The molecule has 2 rings (SSSR count). The van der Waals surface area contributed by atoms with Crippen molar-refractivity contribution in [1.29, 1.82) is 0 Å². The molecule has 2 aromatic rings. The molecule has 0 atom stereocenters. The molecule has 0 aliphatic rings. The molecule has 0 N–H and O–H groups in total. The Bertz CT molecular complexity index is 526. The Morgan fingerprint density at radius 3 is 2.74 bits per heavy atom. The van der Waals surface area contributed by atoms with Gasteiger partial charge in [-0.1, -0.05) is 17.7 Å². The van der Waals surface area contributed by atoms with E-state index in [1.54, 1.807) is 17.5 Å². The topological polar surface area (TPSA) is 16.1 Å². The smallest absolute Gasteiger partial charge is 0.147 e. The van der Waals surface area contributed by atoms with Crippen molar-refractivity contribution in [3.63, 3.8) is 0 Å². The number of pyridine rings is 1. The minimum atomic E-state index is 0.328. The minimum Gasteiger partial charge on any atom is -0.348 e. The van der Waals surface area contributed by atoms with E-state index >= 15 is 0 Å². The molecule has 19 heavy (non-hydrogen) atoms. The van der Waals surface area contributed by atoms with Gasteiger partial charge in [0.05, 0.1) is 11.6 Å². The molecule has 0 unspecified atom stereocenters. The third-order valence-electron chi connectivity index (χ3n) is 2.83. The van der Waals surface area contributed by atoms with Gasteiger partial charge in [0, 0.05) is 23.0 Å². The fraction of sp³-hybridized carbons (Fsp3) is 0.357. The Labute approximate surface area is 128 Å².